The summed E-state index contributed by atoms with van der Waals surface area (Å²) in [6.45, 7) is 2.19. The van der Waals surface area contributed by atoms with Crippen LogP contribution in [-0.4, -0.2) is 12.1 Å². The molecule has 7 rings (SSSR count). The van der Waals surface area contributed by atoms with Crippen LogP contribution in [0.2, 0.25) is 0 Å². The van der Waals surface area contributed by atoms with Crippen molar-refractivity contribution in [1.29, 1.82) is 0 Å². The third-order valence-electron chi connectivity index (χ3n) is 7.83. The molecule has 0 atom stereocenters. The molecule has 0 fully saturated rings. The van der Waals surface area contributed by atoms with Gasteiger partial charge in [-0.2, -0.15) is 4.57 Å². The number of nitrogens with zero attached hydrogens (tertiary/aromatic N) is 2. The van der Waals surface area contributed by atoms with Gasteiger partial charge in [-0.3, -0.25) is 0 Å². The molecule has 0 saturated heterocycles. The Morgan fingerprint density at radius 1 is 0.686 bits per heavy atom. The monoisotopic (exact) mass is 453 g/mol. The van der Waals surface area contributed by atoms with Crippen LogP contribution in [0.25, 0.3) is 33.5 Å². The Morgan fingerprint density at radius 3 is 1.80 bits per heavy atom. The van der Waals surface area contributed by atoms with Crippen LogP contribution in [0.15, 0.2) is 97.3 Å². The number of fused-ring (bicyclic) bond motifs is 10. The van der Waals surface area contributed by atoms with Crippen LogP contribution in [0.5, 0.6) is 5.88 Å². The van der Waals surface area contributed by atoms with E-state index >= 15 is 0 Å². The summed E-state index contributed by atoms with van der Waals surface area (Å²) in [6.07, 6.45) is 3.76. The van der Waals surface area contributed by atoms with Gasteiger partial charge in [-0.25, -0.2) is 4.98 Å². The molecule has 3 nitrogen and oxygen atoms in total. The van der Waals surface area contributed by atoms with Gasteiger partial charge in [0, 0.05) is 0 Å². The van der Waals surface area contributed by atoms with Crippen LogP contribution in [-0.2, 0) is 12.5 Å². The van der Waals surface area contributed by atoms with E-state index in [2.05, 4.69) is 108 Å². The van der Waals surface area contributed by atoms with Crippen LogP contribution in [0.3, 0.4) is 0 Å². The number of rotatable bonds is 2. The second-order valence-corrected chi connectivity index (χ2v) is 9.50. The lowest BCUT2D eigenvalue weighted by Gasteiger charge is -2.30. The predicted molar refractivity (Wildman–Crippen MR) is 138 cm³/mol. The van der Waals surface area contributed by atoms with Crippen molar-refractivity contribution in [2.45, 2.75) is 12.3 Å². The largest absolute Gasteiger partial charge is 0.476 e. The number of methoxy groups -OCH3 is 1. The molecule has 3 heteroatoms. The topological polar surface area (TPSA) is 26.0 Å². The highest BCUT2D eigenvalue weighted by atomic mass is 16.5. The van der Waals surface area contributed by atoms with Crippen LogP contribution < -0.4 is 9.30 Å². The number of hydrogen-bond acceptors (Lipinski definition) is 2. The average molecular weight is 454 g/mol. The Hall–Kier alpha value is -4.24. The molecule has 0 radical (unpaired) electrons. The van der Waals surface area contributed by atoms with Crippen molar-refractivity contribution in [3.8, 4) is 39.4 Å². The molecule has 1 aromatic heterocycles. The van der Waals surface area contributed by atoms with Gasteiger partial charge in [0.05, 0.1) is 24.3 Å². The summed E-state index contributed by atoms with van der Waals surface area (Å²) in [5.74, 6) is 0.634. The molecule has 1 heterocycles. The summed E-state index contributed by atoms with van der Waals surface area (Å²) in [5, 5.41) is 0. The second-order valence-electron chi connectivity index (χ2n) is 9.50. The number of ether oxygens (including phenoxy) is 1. The van der Waals surface area contributed by atoms with Gasteiger partial charge in [0.25, 0.3) is 11.6 Å². The lowest BCUT2D eigenvalue weighted by Crippen LogP contribution is -2.32. The molecular weight excluding hydrogens is 428 g/mol. The molecule has 2 aliphatic rings. The summed E-state index contributed by atoms with van der Waals surface area (Å²) in [5.41, 5.74) is 13.6. The van der Waals surface area contributed by atoms with Crippen LogP contribution in [0, 0.1) is 6.92 Å². The number of hydrogen-bond donors (Lipinski definition) is 0. The normalized spacial score (nSPS) is 13.8. The molecule has 35 heavy (non-hydrogen) atoms. The summed E-state index contributed by atoms with van der Waals surface area (Å²) in [7, 11) is 3.74. The van der Waals surface area contributed by atoms with Crippen molar-refractivity contribution in [3.63, 3.8) is 0 Å². The molecule has 0 saturated carbocycles. The molecule has 2 aliphatic carbocycles. The molecule has 0 amide bonds. The van der Waals surface area contributed by atoms with E-state index in [9.17, 15) is 0 Å². The standard InChI is InChI=1S/C32H25N2O/c1-20-18-25-23-12-6-9-15-28(23)32(26-13-7-4-10-21(26)22-11-5-8-14-27(22)32)29(25)19-24(20)30-31(35-3)33-16-17-34(30)2/h4-19H,1-3H3/q+1. The van der Waals surface area contributed by atoms with E-state index in [0.717, 1.165) is 11.3 Å². The summed E-state index contributed by atoms with van der Waals surface area (Å²) >= 11 is 0. The SMILES string of the molecule is COc1ncc[n+](C)c1-c1cc2c(cc1C)-c1ccccc1C21c2ccccc2-c2ccccc21. The molecule has 168 valence electrons. The first-order valence-electron chi connectivity index (χ1n) is 12.0. The van der Waals surface area contributed by atoms with Gasteiger partial charge >= 0.3 is 0 Å². The Labute approximate surface area is 205 Å². The van der Waals surface area contributed by atoms with Crippen molar-refractivity contribution in [1.82, 2.24) is 4.98 Å². The van der Waals surface area contributed by atoms with Gasteiger partial charge in [0.15, 0.2) is 6.20 Å². The fourth-order valence-electron chi connectivity index (χ4n) is 6.44. The van der Waals surface area contributed by atoms with Gasteiger partial charge in [-0.15, -0.1) is 0 Å². The molecule has 0 aliphatic heterocycles. The lowest BCUT2D eigenvalue weighted by atomic mass is 9.70. The minimum Gasteiger partial charge on any atom is -0.476 e. The fraction of sp³-hybridized carbons (Fsp3) is 0.125. The zero-order chi connectivity index (χ0) is 23.7. The zero-order valence-electron chi connectivity index (χ0n) is 20.0. The highest BCUT2D eigenvalue weighted by molar-refractivity contribution is 5.96. The third kappa shape index (κ3) is 2.45. The molecule has 0 unspecified atom stereocenters. The maximum atomic E-state index is 5.71. The first-order chi connectivity index (χ1) is 17.2. The minimum atomic E-state index is -0.352. The first kappa shape index (κ1) is 20.2. The van der Waals surface area contributed by atoms with E-state index < -0.39 is 0 Å². The van der Waals surface area contributed by atoms with Gasteiger partial charge < -0.3 is 4.74 Å². The summed E-state index contributed by atoms with van der Waals surface area (Å²) in [6, 6.07) is 31.5. The molecule has 1 spiro atoms. The van der Waals surface area contributed by atoms with Crippen molar-refractivity contribution in [2.24, 2.45) is 7.05 Å². The van der Waals surface area contributed by atoms with E-state index in [4.69, 9.17) is 4.74 Å². The maximum absolute atomic E-state index is 5.71. The van der Waals surface area contributed by atoms with Gasteiger partial charge in [-0.1, -0.05) is 78.9 Å². The summed E-state index contributed by atoms with van der Waals surface area (Å²) < 4.78 is 7.82. The minimum absolute atomic E-state index is 0.352. The Morgan fingerprint density at radius 2 is 1.23 bits per heavy atom. The molecular formula is C32H25N2O+. The predicted octanol–water partition coefficient (Wildman–Crippen LogP) is 6.23. The highest BCUT2D eigenvalue weighted by Crippen LogP contribution is 2.63. The number of aryl methyl sites for hydroxylation is 2. The van der Waals surface area contributed by atoms with Crippen molar-refractivity contribution in [2.75, 3.05) is 7.11 Å². The van der Waals surface area contributed by atoms with Crippen molar-refractivity contribution in [3.05, 3.63) is 125 Å². The molecule has 5 aromatic rings. The number of aromatic nitrogens is 2. The van der Waals surface area contributed by atoms with Gasteiger partial charge in [-0.05, 0) is 63.1 Å². The van der Waals surface area contributed by atoms with Crippen molar-refractivity contribution >= 4 is 0 Å². The number of benzene rings is 4. The third-order valence-corrected chi connectivity index (χ3v) is 7.83. The van der Waals surface area contributed by atoms with Gasteiger partial charge in [0.2, 0.25) is 0 Å². The fourth-order valence-corrected chi connectivity index (χ4v) is 6.44. The van der Waals surface area contributed by atoms with Crippen LogP contribution >= 0.6 is 0 Å². The van der Waals surface area contributed by atoms with E-state index in [1.54, 1.807) is 13.3 Å². The van der Waals surface area contributed by atoms with Crippen LogP contribution in [0.1, 0.15) is 27.8 Å². The second kappa shape index (κ2) is 7.13. The average Bonchev–Trinajstić information content (AvgIpc) is 3.35. The molecule has 0 N–H and O–H groups in total. The highest BCUT2D eigenvalue weighted by Gasteiger charge is 2.51. The van der Waals surface area contributed by atoms with E-state index in [-0.39, 0.29) is 5.41 Å². The van der Waals surface area contributed by atoms with E-state index in [1.165, 1.54) is 50.1 Å². The van der Waals surface area contributed by atoms with E-state index in [0.29, 0.717) is 5.88 Å². The maximum Gasteiger partial charge on any atom is 0.288 e. The Balaban J connectivity index is 1.65. The van der Waals surface area contributed by atoms with Crippen LogP contribution in [0.4, 0.5) is 0 Å². The molecule has 0 bridgehead atoms. The zero-order valence-corrected chi connectivity index (χ0v) is 20.0. The van der Waals surface area contributed by atoms with E-state index in [1.807, 2.05) is 6.20 Å². The van der Waals surface area contributed by atoms with Gasteiger partial charge in [0.1, 0.15) is 7.05 Å². The quantitative estimate of drug-likeness (QED) is 0.290. The Bertz CT molecular complexity index is 1620. The summed E-state index contributed by atoms with van der Waals surface area (Å²) in [4.78, 5) is 4.53. The smallest absolute Gasteiger partial charge is 0.288 e. The molecule has 4 aromatic carbocycles. The Kier molecular flexibility index (Phi) is 4.11. The van der Waals surface area contributed by atoms with Crippen molar-refractivity contribution < 1.29 is 9.30 Å². The lowest BCUT2D eigenvalue weighted by molar-refractivity contribution is -0.661. The first-order valence-corrected chi connectivity index (χ1v) is 12.0.